The van der Waals surface area contributed by atoms with E-state index in [0.717, 1.165) is 12.8 Å². The summed E-state index contributed by atoms with van der Waals surface area (Å²) in [5.74, 6) is 0. The molecule has 3 nitrogen and oxygen atoms in total. The summed E-state index contributed by atoms with van der Waals surface area (Å²) >= 11 is 0. The van der Waals surface area contributed by atoms with Crippen LogP contribution in [0, 0.1) is 16.7 Å². The molecule has 0 aliphatic rings. The molecule has 0 fully saturated rings. The molecule has 1 unspecified atom stereocenters. The number of nitrogens with two attached hydrogens (primary N) is 1. The molecule has 0 aromatic carbocycles. The quantitative estimate of drug-likeness (QED) is 0.665. The van der Waals surface area contributed by atoms with Gasteiger partial charge >= 0.3 is 0 Å². The fourth-order valence-electron chi connectivity index (χ4n) is 0.791. The number of hydrogen-bond donors (Lipinski definition) is 1. The van der Waals surface area contributed by atoms with Crippen molar-refractivity contribution in [1.29, 1.82) is 5.26 Å². The molecule has 2 N–H and O–H groups in total. The largest absolute Gasteiger partial charge is 0.379 e. The van der Waals surface area contributed by atoms with E-state index in [9.17, 15) is 0 Å². The van der Waals surface area contributed by atoms with Crippen LogP contribution in [0.5, 0.6) is 0 Å². The Bertz CT molecular complexity index is 204. The number of nitriles is 1. The summed E-state index contributed by atoms with van der Waals surface area (Å²) in [6, 6.07) is 2.24. The van der Waals surface area contributed by atoms with Crippen molar-refractivity contribution in [3.05, 3.63) is 0 Å². The van der Waals surface area contributed by atoms with Gasteiger partial charge in [0.25, 0.3) is 0 Å². The van der Waals surface area contributed by atoms with E-state index >= 15 is 0 Å². The molecule has 0 heterocycles. The van der Waals surface area contributed by atoms with Gasteiger partial charge in [0.15, 0.2) is 0 Å². The second kappa shape index (κ2) is 5.33. The van der Waals surface area contributed by atoms with Crippen LogP contribution >= 0.6 is 0 Å². The Morgan fingerprint density at radius 2 is 1.93 bits per heavy atom. The zero-order valence-electron chi connectivity index (χ0n) is 9.76. The number of hydrogen-bond acceptors (Lipinski definition) is 3. The van der Waals surface area contributed by atoms with Gasteiger partial charge in [-0.15, -0.1) is 0 Å². The molecule has 1 atom stereocenters. The van der Waals surface area contributed by atoms with Crippen molar-refractivity contribution in [3.8, 4) is 6.07 Å². The average Bonchev–Trinajstić information content (AvgIpc) is 2.13. The summed E-state index contributed by atoms with van der Waals surface area (Å²) in [5, 5.41) is 8.77. The Morgan fingerprint density at radius 3 is 2.36 bits per heavy atom. The minimum absolute atomic E-state index is 0.239. The molecule has 0 aliphatic heterocycles. The van der Waals surface area contributed by atoms with Crippen molar-refractivity contribution < 1.29 is 4.74 Å². The average molecular weight is 198 g/mol. The molecule has 0 aromatic rings. The molecule has 82 valence electrons. The third-order valence-electron chi connectivity index (χ3n) is 2.41. The van der Waals surface area contributed by atoms with Gasteiger partial charge in [0.2, 0.25) is 0 Å². The van der Waals surface area contributed by atoms with Crippen molar-refractivity contribution in [2.24, 2.45) is 11.1 Å². The maximum atomic E-state index is 8.77. The maximum absolute atomic E-state index is 8.77. The summed E-state index contributed by atoms with van der Waals surface area (Å²) < 4.78 is 5.45. The fraction of sp³-hybridized carbons (Fsp3) is 0.909. The summed E-state index contributed by atoms with van der Waals surface area (Å²) in [6.07, 6.45) is 1.65. The lowest BCUT2D eigenvalue weighted by molar-refractivity contribution is 0.0760. The Balaban J connectivity index is 3.63. The molecular weight excluding hydrogens is 176 g/mol. The highest BCUT2D eigenvalue weighted by Gasteiger charge is 2.18. The Hall–Kier alpha value is -0.590. The van der Waals surface area contributed by atoms with Gasteiger partial charge in [0.05, 0.1) is 18.1 Å². The molecule has 0 saturated heterocycles. The number of rotatable bonds is 6. The highest BCUT2D eigenvalue weighted by molar-refractivity contribution is 4.91. The first kappa shape index (κ1) is 13.4. The second-order valence-corrected chi connectivity index (χ2v) is 4.81. The van der Waals surface area contributed by atoms with Gasteiger partial charge in [-0.3, -0.25) is 0 Å². The molecule has 14 heavy (non-hydrogen) atoms. The first-order valence-electron chi connectivity index (χ1n) is 5.11. The van der Waals surface area contributed by atoms with E-state index in [4.69, 9.17) is 15.7 Å². The SMILES string of the molecule is CCC(C)(N)COCCC(C)(C)C#N. The highest BCUT2D eigenvalue weighted by Crippen LogP contribution is 2.18. The van der Waals surface area contributed by atoms with E-state index in [1.165, 1.54) is 0 Å². The minimum Gasteiger partial charge on any atom is -0.379 e. The van der Waals surface area contributed by atoms with Crippen molar-refractivity contribution in [1.82, 2.24) is 0 Å². The molecular formula is C11H22N2O. The van der Waals surface area contributed by atoms with Crippen molar-refractivity contribution in [2.45, 2.75) is 46.1 Å². The molecule has 0 rings (SSSR count). The summed E-state index contributed by atoms with van der Waals surface area (Å²) in [4.78, 5) is 0. The van der Waals surface area contributed by atoms with Crippen molar-refractivity contribution in [2.75, 3.05) is 13.2 Å². The predicted octanol–water partition coefficient (Wildman–Crippen LogP) is 2.07. The topological polar surface area (TPSA) is 59.0 Å². The van der Waals surface area contributed by atoms with Gasteiger partial charge in [0, 0.05) is 12.1 Å². The Morgan fingerprint density at radius 1 is 1.36 bits per heavy atom. The van der Waals surface area contributed by atoms with Crippen LogP contribution in [0.2, 0.25) is 0 Å². The lowest BCUT2D eigenvalue weighted by Gasteiger charge is -2.23. The lowest BCUT2D eigenvalue weighted by Crippen LogP contribution is -2.40. The van der Waals surface area contributed by atoms with E-state index < -0.39 is 0 Å². The van der Waals surface area contributed by atoms with Gasteiger partial charge in [-0.2, -0.15) is 5.26 Å². The Labute approximate surface area is 87.2 Å². The standard InChI is InChI=1S/C11H22N2O/c1-5-11(4,13)9-14-7-6-10(2,3)8-12/h5-7,9,13H2,1-4H3. The number of ether oxygens (including phenoxy) is 1. The van der Waals surface area contributed by atoms with Gasteiger partial charge in [-0.1, -0.05) is 6.92 Å². The molecule has 0 aliphatic carbocycles. The van der Waals surface area contributed by atoms with Crippen LogP contribution in [-0.4, -0.2) is 18.8 Å². The molecule has 0 saturated carbocycles. The summed E-state index contributed by atoms with van der Waals surface area (Å²) in [5.41, 5.74) is 5.37. The van der Waals surface area contributed by atoms with Crippen LogP contribution in [0.1, 0.15) is 40.5 Å². The molecule has 0 bridgehead atoms. The van der Waals surface area contributed by atoms with E-state index in [1.54, 1.807) is 0 Å². The zero-order chi connectivity index (χ0) is 11.2. The fourth-order valence-corrected chi connectivity index (χ4v) is 0.791. The zero-order valence-corrected chi connectivity index (χ0v) is 9.76. The van der Waals surface area contributed by atoms with Crippen LogP contribution in [0.3, 0.4) is 0 Å². The third-order valence-corrected chi connectivity index (χ3v) is 2.41. The Kier molecular flexibility index (Phi) is 5.11. The van der Waals surface area contributed by atoms with E-state index in [2.05, 4.69) is 6.07 Å². The lowest BCUT2D eigenvalue weighted by atomic mass is 9.92. The first-order chi connectivity index (χ1) is 6.33. The first-order valence-corrected chi connectivity index (χ1v) is 5.11. The molecule has 0 amide bonds. The van der Waals surface area contributed by atoms with E-state index in [1.807, 2.05) is 27.7 Å². The maximum Gasteiger partial charge on any atom is 0.0684 e. The van der Waals surface area contributed by atoms with Gasteiger partial charge in [-0.25, -0.2) is 0 Å². The normalized spacial score (nSPS) is 16.0. The monoisotopic (exact) mass is 198 g/mol. The molecule has 3 heteroatoms. The predicted molar refractivity (Wildman–Crippen MR) is 57.7 cm³/mol. The van der Waals surface area contributed by atoms with E-state index in [-0.39, 0.29) is 11.0 Å². The number of nitrogens with zero attached hydrogens (tertiary/aromatic N) is 1. The molecule has 0 aromatic heterocycles. The van der Waals surface area contributed by atoms with Gasteiger partial charge in [0.1, 0.15) is 0 Å². The van der Waals surface area contributed by atoms with Crippen LogP contribution in [0.4, 0.5) is 0 Å². The van der Waals surface area contributed by atoms with Crippen molar-refractivity contribution in [3.63, 3.8) is 0 Å². The highest BCUT2D eigenvalue weighted by atomic mass is 16.5. The molecule has 0 spiro atoms. The molecule has 0 radical (unpaired) electrons. The van der Waals surface area contributed by atoms with Crippen LogP contribution < -0.4 is 5.73 Å². The van der Waals surface area contributed by atoms with Crippen LogP contribution in [0.15, 0.2) is 0 Å². The van der Waals surface area contributed by atoms with Crippen LogP contribution in [-0.2, 0) is 4.74 Å². The third kappa shape index (κ3) is 5.95. The van der Waals surface area contributed by atoms with Crippen molar-refractivity contribution >= 4 is 0 Å². The minimum atomic E-state index is -0.294. The van der Waals surface area contributed by atoms with E-state index in [0.29, 0.717) is 13.2 Å². The van der Waals surface area contributed by atoms with Gasteiger partial charge < -0.3 is 10.5 Å². The summed E-state index contributed by atoms with van der Waals surface area (Å²) in [6.45, 7) is 9.01. The summed E-state index contributed by atoms with van der Waals surface area (Å²) in [7, 11) is 0. The smallest absolute Gasteiger partial charge is 0.0684 e. The van der Waals surface area contributed by atoms with Gasteiger partial charge in [-0.05, 0) is 33.6 Å². The van der Waals surface area contributed by atoms with Crippen LogP contribution in [0.25, 0.3) is 0 Å². The second-order valence-electron chi connectivity index (χ2n) is 4.81.